The van der Waals surface area contributed by atoms with Crippen LogP contribution in [0.3, 0.4) is 0 Å². The second-order valence-electron chi connectivity index (χ2n) is 4.87. The highest BCUT2D eigenvalue weighted by Gasteiger charge is 2.20. The fraction of sp³-hybridized carbons (Fsp3) is 0.312. The maximum absolute atomic E-state index is 6.00. The number of methoxy groups -OCH3 is 1. The molecule has 112 valence electrons. The second-order valence-corrected chi connectivity index (χ2v) is 5.79. The standard InChI is InChI=1S/C16H20BrN3O/c1-20(11-13-5-3-4-8-19-13)15(10-18)14-9-12(17)6-7-16(14)21-2/h3-9,15H,10-11,18H2,1-2H3. The van der Waals surface area contributed by atoms with E-state index in [0.29, 0.717) is 6.54 Å². The summed E-state index contributed by atoms with van der Waals surface area (Å²) in [5.74, 6) is 0.849. The lowest BCUT2D eigenvalue weighted by atomic mass is 10.0. The molecule has 0 bridgehead atoms. The van der Waals surface area contributed by atoms with Crippen molar-refractivity contribution in [3.05, 3.63) is 58.3 Å². The molecule has 4 nitrogen and oxygen atoms in total. The first-order valence-corrected chi connectivity index (χ1v) is 7.58. The molecular weight excluding hydrogens is 330 g/mol. The minimum absolute atomic E-state index is 0.0689. The highest BCUT2D eigenvalue weighted by Crippen LogP contribution is 2.31. The highest BCUT2D eigenvalue weighted by atomic mass is 79.9. The van der Waals surface area contributed by atoms with Gasteiger partial charge in [-0.2, -0.15) is 0 Å². The Hall–Kier alpha value is -1.43. The molecule has 2 aromatic rings. The second kappa shape index (κ2) is 7.54. The van der Waals surface area contributed by atoms with Crippen LogP contribution in [-0.2, 0) is 6.54 Å². The molecule has 21 heavy (non-hydrogen) atoms. The van der Waals surface area contributed by atoms with Crippen molar-refractivity contribution in [2.75, 3.05) is 20.7 Å². The van der Waals surface area contributed by atoms with E-state index in [0.717, 1.165) is 28.0 Å². The molecule has 2 rings (SSSR count). The number of nitrogens with zero attached hydrogens (tertiary/aromatic N) is 2. The van der Waals surface area contributed by atoms with Crippen molar-refractivity contribution in [1.82, 2.24) is 9.88 Å². The lowest BCUT2D eigenvalue weighted by molar-refractivity contribution is 0.233. The Kier molecular flexibility index (Phi) is 5.73. The number of rotatable bonds is 6. The highest BCUT2D eigenvalue weighted by molar-refractivity contribution is 9.10. The smallest absolute Gasteiger partial charge is 0.123 e. The van der Waals surface area contributed by atoms with E-state index >= 15 is 0 Å². The topological polar surface area (TPSA) is 51.4 Å². The minimum Gasteiger partial charge on any atom is -0.496 e. The van der Waals surface area contributed by atoms with Gasteiger partial charge in [-0.1, -0.05) is 22.0 Å². The van der Waals surface area contributed by atoms with Gasteiger partial charge in [0.1, 0.15) is 5.75 Å². The third-order valence-electron chi connectivity index (χ3n) is 3.44. The zero-order chi connectivity index (χ0) is 15.2. The number of halogens is 1. The summed E-state index contributed by atoms with van der Waals surface area (Å²) in [5, 5.41) is 0. The predicted octanol–water partition coefficient (Wildman–Crippen LogP) is 2.98. The van der Waals surface area contributed by atoms with Gasteiger partial charge >= 0.3 is 0 Å². The Balaban J connectivity index is 2.24. The molecule has 1 aromatic heterocycles. The van der Waals surface area contributed by atoms with Crippen LogP contribution in [0.25, 0.3) is 0 Å². The molecule has 1 heterocycles. The van der Waals surface area contributed by atoms with E-state index in [1.54, 1.807) is 13.3 Å². The molecule has 0 radical (unpaired) electrons. The van der Waals surface area contributed by atoms with Crippen molar-refractivity contribution in [3.8, 4) is 5.75 Å². The normalized spacial score (nSPS) is 12.4. The first kappa shape index (κ1) is 15.9. The van der Waals surface area contributed by atoms with Crippen molar-refractivity contribution >= 4 is 15.9 Å². The molecule has 1 unspecified atom stereocenters. The van der Waals surface area contributed by atoms with Crippen LogP contribution >= 0.6 is 15.9 Å². The minimum atomic E-state index is 0.0689. The summed E-state index contributed by atoms with van der Waals surface area (Å²) in [6, 6.07) is 12.0. The summed E-state index contributed by atoms with van der Waals surface area (Å²) >= 11 is 3.51. The first-order chi connectivity index (χ1) is 10.2. The van der Waals surface area contributed by atoms with E-state index in [4.69, 9.17) is 10.5 Å². The van der Waals surface area contributed by atoms with Gasteiger partial charge in [0.15, 0.2) is 0 Å². The molecule has 1 aromatic carbocycles. The maximum atomic E-state index is 6.00. The SMILES string of the molecule is COc1ccc(Br)cc1C(CN)N(C)Cc1ccccn1. The largest absolute Gasteiger partial charge is 0.496 e. The van der Waals surface area contributed by atoms with Crippen molar-refractivity contribution in [1.29, 1.82) is 0 Å². The average Bonchev–Trinajstić information content (AvgIpc) is 2.49. The average molecular weight is 350 g/mol. The Morgan fingerprint density at radius 3 is 2.76 bits per heavy atom. The quantitative estimate of drug-likeness (QED) is 0.870. The number of benzene rings is 1. The molecule has 2 N–H and O–H groups in total. The number of likely N-dealkylation sites (N-methyl/N-ethyl adjacent to an activating group) is 1. The molecule has 0 aliphatic heterocycles. The van der Waals surface area contributed by atoms with Crippen molar-refractivity contribution < 1.29 is 4.74 Å². The molecule has 5 heteroatoms. The van der Waals surface area contributed by atoms with Crippen molar-refractivity contribution in [3.63, 3.8) is 0 Å². The zero-order valence-corrected chi connectivity index (χ0v) is 13.9. The van der Waals surface area contributed by atoms with Gasteiger partial charge in [-0.15, -0.1) is 0 Å². The number of ether oxygens (including phenoxy) is 1. The number of hydrogen-bond donors (Lipinski definition) is 1. The molecule has 0 aliphatic carbocycles. The Labute approximate surface area is 134 Å². The summed E-state index contributed by atoms with van der Waals surface area (Å²) in [5.41, 5.74) is 8.10. The summed E-state index contributed by atoms with van der Waals surface area (Å²) < 4.78 is 6.48. The summed E-state index contributed by atoms with van der Waals surface area (Å²) in [7, 11) is 3.73. The fourth-order valence-corrected chi connectivity index (χ4v) is 2.75. The maximum Gasteiger partial charge on any atom is 0.123 e. The van der Waals surface area contributed by atoms with Gasteiger partial charge in [0.2, 0.25) is 0 Å². The molecule has 0 aliphatic rings. The molecule has 0 saturated heterocycles. The van der Waals surface area contributed by atoms with Crippen LogP contribution in [0.2, 0.25) is 0 Å². The van der Waals surface area contributed by atoms with Crippen LogP contribution in [0.1, 0.15) is 17.3 Å². The monoisotopic (exact) mass is 349 g/mol. The van der Waals surface area contributed by atoms with E-state index in [9.17, 15) is 0 Å². The number of aromatic nitrogens is 1. The Bertz CT molecular complexity index is 577. The molecule has 0 amide bonds. The molecule has 1 atom stereocenters. The Morgan fingerprint density at radius 1 is 1.33 bits per heavy atom. The van der Waals surface area contributed by atoms with E-state index in [1.165, 1.54) is 0 Å². The summed E-state index contributed by atoms with van der Waals surface area (Å²) in [6.45, 7) is 1.24. The third kappa shape index (κ3) is 4.03. The lowest BCUT2D eigenvalue weighted by Crippen LogP contribution is -2.30. The van der Waals surface area contributed by atoms with Gasteiger partial charge in [0.05, 0.1) is 18.8 Å². The number of hydrogen-bond acceptors (Lipinski definition) is 4. The van der Waals surface area contributed by atoms with E-state index in [1.807, 2.05) is 37.4 Å². The predicted molar refractivity (Wildman–Crippen MR) is 88.2 cm³/mol. The van der Waals surface area contributed by atoms with Crippen LogP contribution < -0.4 is 10.5 Å². The van der Waals surface area contributed by atoms with Gasteiger partial charge in [-0.05, 0) is 37.4 Å². The Morgan fingerprint density at radius 2 is 2.14 bits per heavy atom. The van der Waals surface area contributed by atoms with Crippen LogP contribution in [0.4, 0.5) is 0 Å². The van der Waals surface area contributed by atoms with Crippen LogP contribution in [0, 0.1) is 0 Å². The molecule has 0 fully saturated rings. The fourth-order valence-electron chi connectivity index (χ4n) is 2.37. The van der Waals surface area contributed by atoms with Gasteiger partial charge in [0.25, 0.3) is 0 Å². The number of pyridine rings is 1. The van der Waals surface area contributed by atoms with Gasteiger partial charge in [-0.3, -0.25) is 9.88 Å². The van der Waals surface area contributed by atoms with E-state index in [-0.39, 0.29) is 6.04 Å². The lowest BCUT2D eigenvalue weighted by Gasteiger charge is -2.28. The first-order valence-electron chi connectivity index (χ1n) is 6.79. The summed E-state index contributed by atoms with van der Waals surface area (Å²) in [6.07, 6.45) is 1.81. The molecule has 0 spiro atoms. The van der Waals surface area contributed by atoms with E-state index < -0.39 is 0 Å². The van der Waals surface area contributed by atoms with Gasteiger partial charge in [-0.25, -0.2) is 0 Å². The van der Waals surface area contributed by atoms with Gasteiger partial charge in [0, 0.05) is 29.3 Å². The molecular formula is C16H20BrN3O. The number of nitrogens with two attached hydrogens (primary N) is 1. The zero-order valence-electron chi connectivity index (χ0n) is 12.3. The van der Waals surface area contributed by atoms with Crippen molar-refractivity contribution in [2.45, 2.75) is 12.6 Å². The molecule has 0 saturated carbocycles. The van der Waals surface area contributed by atoms with Crippen molar-refractivity contribution in [2.24, 2.45) is 5.73 Å². The summed E-state index contributed by atoms with van der Waals surface area (Å²) in [4.78, 5) is 6.55. The van der Waals surface area contributed by atoms with Crippen LogP contribution in [-0.4, -0.2) is 30.6 Å². The van der Waals surface area contributed by atoms with Crippen LogP contribution in [0.5, 0.6) is 5.75 Å². The van der Waals surface area contributed by atoms with E-state index in [2.05, 4.69) is 31.9 Å². The van der Waals surface area contributed by atoms with Crippen LogP contribution in [0.15, 0.2) is 47.1 Å². The third-order valence-corrected chi connectivity index (χ3v) is 3.94. The van der Waals surface area contributed by atoms with Gasteiger partial charge < -0.3 is 10.5 Å².